The molecular formula is C36H20BrF6N. The molecule has 0 fully saturated rings. The zero-order valence-electron chi connectivity index (χ0n) is 22.6. The van der Waals surface area contributed by atoms with Gasteiger partial charge < -0.3 is 4.90 Å². The van der Waals surface area contributed by atoms with Gasteiger partial charge in [0.1, 0.15) is 0 Å². The van der Waals surface area contributed by atoms with E-state index in [1.54, 1.807) is 4.90 Å². The first-order chi connectivity index (χ1) is 21.0. The molecule has 7 aromatic rings. The molecule has 0 heterocycles. The maximum Gasteiger partial charge on any atom is 0.416 e. The Labute approximate surface area is 256 Å². The summed E-state index contributed by atoms with van der Waals surface area (Å²) in [5.74, 6) is 0. The summed E-state index contributed by atoms with van der Waals surface area (Å²) in [6, 6.07) is 33.3. The maximum absolute atomic E-state index is 13.3. The van der Waals surface area contributed by atoms with Crippen molar-refractivity contribution in [3.63, 3.8) is 0 Å². The van der Waals surface area contributed by atoms with Crippen LogP contribution in [0.1, 0.15) is 11.1 Å². The minimum Gasteiger partial charge on any atom is -0.311 e. The van der Waals surface area contributed by atoms with Crippen molar-refractivity contribution in [3.05, 3.63) is 137 Å². The average molecular weight is 660 g/mol. The highest BCUT2D eigenvalue weighted by molar-refractivity contribution is 9.10. The molecular weight excluding hydrogens is 640 g/mol. The summed E-state index contributed by atoms with van der Waals surface area (Å²) in [6.07, 6.45) is -9.04. The third kappa shape index (κ3) is 4.83. The predicted octanol–water partition coefficient (Wildman–Crippen LogP) is 12.5. The number of hydrogen-bond acceptors (Lipinski definition) is 1. The molecule has 0 spiro atoms. The fourth-order valence-corrected chi connectivity index (χ4v) is 6.32. The minimum absolute atomic E-state index is 0.374. The Bertz CT molecular complexity index is 2070. The van der Waals surface area contributed by atoms with E-state index >= 15 is 0 Å². The highest BCUT2D eigenvalue weighted by Gasteiger charge is 2.31. The lowest BCUT2D eigenvalue weighted by atomic mass is 9.90. The highest BCUT2D eigenvalue weighted by atomic mass is 79.9. The third-order valence-electron chi connectivity index (χ3n) is 7.95. The van der Waals surface area contributed by atoms with Gasteiger partial charge in [-0.05, 0) is 110 Å². The quantitative estimate of drug-likeness (QED) is 0.134. The molecule has 8 heteroatoms. The number of nitrogens with zero attached hydrogens (tertiary/aromatic N) is 1. The molecule has 0 aliphatic carbocycles. The average Bonchev–Trinajstić information content (AvgIpc) is 3.01. The molecule has 1 nitrogen and oxygen atoms in total. The van der Waals surface area contributed by atoms with Crippen molar-refractivity contribution in [3.8, 4) is 11.1 Å². The van der Waals surface area contributed by atoms with Gasteiger partial charge in [-0.15, -0.1) is 0 Å². The molecule has 0 saturated carbocycles. The molecule has 0 bridgehead atoms. The van der Waals surface area contributed by atoms with Crippen LogP contribution in [-0.4, -0.2) is 0 Å². The maximum atomic E-state index is 13.3. The topological polar surface area (TPSA) is 3.24 Å². The third-order valence-corrected chi connectivity index (χ3v) is 8.65. The molecule has 0 saturated heterocycles. The summed E-state index contributed by atoms with van der Waals surface area (Å²) in [5, 5.41) is 6.78. The van der Waals surface area contributed by atoms with Crippen LogP contribution in [-0.2, 0) is 12.4 Å². The molecule has 0 aliphatic heterocycles. The smallest absolute Gasteiger partial charge is 0.311 e. The van der Waals surface area contributed by atoms with Gasteiger partial charge in [-0.1, -0.05) is 70.5 Å². The van der Waals surface area contributed by atoms with E-state index < -0.39 is 23.5 Å². The van der Waals surface area contributed by atoms with E-state index in [4.69, 9.17) is 0 Å². The van der Waals surface area contributed by atoms with E-state index in [9.17, 15) is 26.3 Å². The van der Waals surface area contributed by atoms with Crippen molar-refractivity contribution in [2.45, 2.75) is 12.4 Å². The van der Waals surface area contributed by atoms with E-state index in [2.05, 4.69) is 58.4 Å². The van der Waals surface area contributed by atoms with Gasteiger partial charge >= 0.3 is 12.4 Å². The summed E-state index contributed by atoms with van der Waals surface area (Å²) >= 11 is 3.68. The van der Waals surface area contributed by atoms with Crippen LogP contribution in [0.25, 0.3) is 43.4 Å². The molecule has 0 amide bonds. The number of rotatable bonds is 4. The molecule has 0 radical (unpaired) electrons. The Balaban J connectivity index is 1.33. The summed E-state index contributed by atoms with van der Waals surface area (Å²) in [4.78, 5) is 1.63. The van der Waals surface area contributed by atoms with Gasteiger partial charge in [-0.3, -0.25) is 0 Å². The zero-order chi connectivity index (χ0) is 30.8. The van der Waals surface area contributed by atoms with Crippen LogP contribution in [0, 0.1) is 0 Å². The van der Waals surface area contributed by atoms with Crippen LogP contribution < -0.4 is 4.90 Å². The van der Waals surface area contributed by atoms with Gasteiger partial charge in [0.15, 0.2) is 0 Å². The second-order valence-electron chi connectivity index (χ2n) is 10.6. The number of anilines is 3. The molecule has 0 aromatic heterocycles. The van der Waals surface area contributed by atoms with Crippen LogP contribution in [0.2, 0.25) is 0 Å². The molecule has 0 N–H and O–H groups in total. The van der Waals surface area contributed by atoms with E-state index in [0.717, 1.165) is 66.8 Å². The van der Waals surface area contributed by atoms with Gasteiger partial charge in [0, 0.05) is 21.5 Å². The molecule has 218 valence electrons. The van der Waals surface area contributed by atoms with E-state index in [1.807, 2.05) is 30.3 Å². The SMILES string of the molecule is FC(F)(F)c1ccc(N(c2ccc(-c3ccc4ccc5c(Br)ccc6ccc3c4c65)cc2)c2ccc(C(F)(F)F)cc2)cc1. The lowest BCUT2D eigenvalue weighted by molar-refractivity contribution is -0.138. The van der Waals surface area contributed by atoms with Crippen molar-refractivity contribution in [1.29, 1.82) is 0 Å². The Morgan fingerprint density at radius 2 is 0.841 bits per heavy atom. The van der Waals surface area contributed by atoms with Crippen molar-refractivity contribution >= 4 is 65.3 Å². The summed E-state index contributed by atoms with van der Waals surface area (Å²) in [5.41, 5.74) is 1.63. The van der Waals surface area contributed by atoms with Crippen molar-refractivity contribution in [2.24, 2.45) is 0 Å². The lowest BCUT2D eigenvalue weighted by Gasteiger charge is -2.26. The normalized spacial score (nSPS) is 12.4. The van der Waals surface area contributed by atoms with Crippen LogP contribution in [0.5, 0.6) is 0 Å². The van der Waals surface area contributed by atoms with E-state index in [1.165, 1.54) is 29.7 Å². The summed E-state index contributed by atoms with van der Waals surface area (Å²) < 4.78 is 80.6. The van der Waals surface area contributed by atoms with Crippen molar-refractivity contribution in [1.82, 2.24) is 0 Å². The second kappa shape index (κ2) is 10.3. The minimum atomic E-state index is -4.52. The fraction of sp³-hybridized carbons (Fsp3) is 0.0556. The van der Waals surface area contributed by atoms with Crippen molar-refractivity contribution in [2.75, 3.05) is 4.90 Å². The lowest BCUT2D eigenvalue weighted by Crippen LogP contribution is -2.12. The second-order valence-corrected chi connectivity index (χ2v) is 11.4. The van der Waals surface area contributed by atoms with Crippen LogP contribution in [0.3, 0.4) is 0 Å². The monoisotopic (exact) mass is 659 g/mol. The number of hydrogen-bond donors (Lipinski definition) is 0. The number of benzene rings is 7. The van der Waals surface area contributed by atoms with E-state index in [-0.39, 0.29) is 0 Å². The zero-order valence-corrected chi connectivity index (χ0v) is 24.2. The van der Waals surface area contributed by atoms with Crippen molar-refractivity contribution < 1.29 is 26.3 Å². The number of alkyl halides is 6. The number of halogens is 7. The van der Waals surface area contributed by atoms with Gasteiger partial charge in [-0.2, -0.15) is 26.3 Å². The Hall–Kier alpha value is -4.56. The largest absolute Gasteiger partial charge is 0.416 e. The van der Waals surface area contributed by atoms with Gasteiger partial charge in [-0.25, -0.2) is 0 Å². The van der Waals surface area contributed by atoms with Crippen LogP contribution in [0.15, 0.2) is 126 Å². The van der Waals surface area contributed by atoms with E-state index in [0.29, 0.717) is 17.1 Å². The molecule has 7 aromatic carbocycles. The Morgan fingerprint density at radius 1 is 0.432 bits per heavy atom. The Morgan fingerprint density at radius 3 is 1.34 bits per heavy atom. The molecule has 44 heavy (non-hydrogen) atoms. The standard InChI is InChI=1S/C36H20BrF6N/c37-32-20-6-23-4-18-30-29(17-3-22-5-19-31(32)34(23)33(22)30)21-1-11-26(12-2-21)44(27-13-7-24(8-14-27)35(38,39)40)28-15-9-25(10-16-28)36(41,42)43/h1-20H. The molecule has 0 unspecified atom stereocenters. The van der Waals surface area contributed by atoms with Crippen LogP contribution >= 0.6 is 15.9 Å². The first-order valence-corrected chi connectivity index (χ1v) is 14.4. The fourth-order valence-electron chi connectivity index (χ4n) is 5.85. The van der Waals surface area contributed by atoms with Crippen LogP contribution in [0.4, 0.5) is 43.4 Å². The Kier molecular flexibility index (Phi) is 6.59. The van der Waals surface area contributed by atoms with Gasteiger partial charge in [0.2, 0.25) is 0 Å². The summed E-state index contributed by atoms with van der Waals surface area (Å²) in [7, 11) is 0. The molecule has 0 aliphatic rings. The van der Waals surface area contributed by atoms with Gasteiger partial charge in [0.05, 0.1) is 11.1 Å². The van der Waals surface area contributed by atoms with Gasteiger partial charge in [0.25, 0.3) is 0 Å². The first kappa shape index (κ1) is 28.2. The highest BCUT2D eigenvalue weighted by Crippen LogP contribution is 2.43. The predicted molar refractivity (Wildman–Crippen MR) is 168 cm³/mol. The molecule has 7 rings (SSSR count). The molecule has 0 atom stereocenters. The summed E-state index contributed by atoms with van der Waals surface area (Å²) in [6.45, 7) is 0. The first-order valence-electron chi connectivity index (χ1n) is 13.6.